The zero-order valence-electron chi connectivity index (χ0n) is 10.4. The van der Waals surface area contributed by atoms with Crippen molar-refractivity contribution in [3.05, 3.63) is 36.0 Å². The SMILES string of the molecule is CSCCCn1ccc2ccc(CCN)cc21. The number of nitrogens with zero attached hydrogens (tertiary/aromatic N) is 1. The van der Waals surface area contributed by atoms with E-state index in [2.05, 4.69) is 41.3 Å². The number of benzene rings is 1. The molecule has 0 aliphatic rings. The highest BCUT2D eigenvalue weighted by atomic mass is 32.2. The number of hydrogen-bond acceptors (Lipinski definition) is 2. The first kappa shape index (κ1) is 12.5. The molecular weight excluding hydrogens is 228 g/mol. The van der Waals surface area contributed by atoms with Crippen molar-refractivity contribution in [3.8, 4) is 0 Å². The first-order valence-electron chi connectivity index (χ1n) is 6.12. The molecule has 0 aliphatic carbocycles. The number of nitrogens with two attached hydrogens (primary N) is 1. The molecule has 0 aliphatic heterocycles. The Kier molecular flexibility index (Phi) is 4.51. The van der Waals surface area contributed by atoms with Crippen LogP contribution in [-0.2, 0) is 13.0 Å². The second-order valence-corrected chi connectivity index (χ2v) is 5.27. The highest BCUT2D eigenvalue weighted by Crippen LogP contribution is 2.18. The minimum atomic E-state index is 0.721. The summed E-state index contributed by atoms with van der Waals surface area (Å²) in [5.74, 6) is 1.22. The molecule has 0 amide bonds. The van der Waals surface area contributed by atoms with Crippen LogP contribution in [0.4, 0.5) is 0 Å². The summed E-state index contributed by atoms with van der Waals surface area (Å²) in [6.45, 7) is 1.83. The van der Waals surface area contributed by atoms with Crippen LogP contribution in [0.15, 0.2) is 30.5 Å². The number of hydrogen-bond donors (Lipinski definition) is 1. The summed E-state index contributed by atoms with van der Waals surface area (Å²) in [6.07, 6.45) is 6.54. The van der Waals surface area contributed by atoms with Crippen molar-refractivity contribution in [2.24, 2.45) is 5.73 Å². The number of aryl methyl sites for hydroxylation is 1. The van der Waals surface area contributed by atoms with Gasteiger partial charge < -0.3 is 10.3 Å². The second kappa shape index (κ2) is 6.12. The summed E-state index contributed by atoms with van der Waals surface area (Å²) in [5.41, 5.74) is 8.29. The Labute approximate surface area is 107 Å². The Morgan fingerprint density at radius 3 is 2.94 bits per heavy atom. The molecule has 0 bridgehead atoms. The highest BCUT2D eigenvalue weighted by molar-refractivity contribution is 7.98. The van der Waals surface area contributed by atoms with Crippen molar-refractivity contribution < 1.29 is 0 Å². The molecule has 2 nitrogen and oxygen atoms in total. The van der Waals surface area contributed by atoms with Gasteiger partial charge in [0.2, 0.25) is 0 Å². The van der Waals surface area contributed by atoms with E-state index in [1.165, 1.54) is 28.6 Å². The predicted octanol–water partition coefficient (Wildman–Crippen LogP) is 2.90. The molecule has 17 heavy (non-hydrogen) atoms. The maximum absolute atomic E-state index is 5.61. The average molecular weight is 248 g/mol. The predicted molar refractivity (Wildman–Crippen MR) is 77.7 cm³/mol. The van der Waals surface area contributed by atoms with E-state index < -0.39 is 0 Å². The van der Waals surface area contributed by atoms with Crippen LogP contribution in [0.3, 0.4) is 0 Å². The Morgan fingerprint density at radius 2 is 2.18 bits per heavy atom. The molecule has 3 heteroatoms. The van der Waals surface area contributed by atoms with Gasteiger partial charge in [0.1, 0.15) is 0 Å². The normalized spacial score (nSPS) is 11.2. The lowest BCUT2D eigenvalue weighted by Crippen LogP contribution is -2.03. The largest absolute Gasteiger partial charge is 0.347 e. The van der Waals surface area contributed by atoms with Gasteiger partial charge in [0, 0.05) is 18.3 Å². The lowest BCUT2D eigenvalue weighted by molar-refractivity contribution is 0.709. The molecule has 2 rings (SSSR count). The summed E-state index contributed by atoms with van der Waals surface area (Å²) >= 11 is 1.91. The van der Waals surface area contributed by atoms with Gasteiger partial charge in [-0.2, -0.15) is 11.8 Å². The zero-order chi connectivity index (χ0) is 12.1. The van der Waals surface area contributed by atoms with Crippen molar-refractivity contribution in [2.45, 2.75) is 19.4 Å². The molecule has 0 spiro atoms. The van der Waals surface area contributed by atoms with Gasteiger partial charge >= 0.3 is 0 Å². The molecule has 92 valence electrons. The Bertz CT molecular complexity index is 476. The highest BCUT2D eigenvalue weighted by Gasteiger charge is 2.02. The molecule has 1 aromatic heterocycles. The summed E-state index contributed by atoms with van der Waals surface area (Å²) in [5, 5.41) is 1.33. The Balaban J connectivity index is 2.20. The van der Waals surface area contributed by atoms with E-state index >= 15 is 0 Å². The molecule has 2 N–H and O–H groups in total. The van der Waals surface area contributed by atoms with E-state index in [0.717, 1.165) is 19.5 Å². The van der Waals surface area contributed by atoms with Gasteiger partial charge in [-0.05, 0) is 54.5 Å². The monoisotopic (exact) mass is 248 g/mol. The van der Waals surface area contributed by atoms with Crippen molar-refractivity contribution in [3.63, 3.8) is 0 Å². The van der Waals surface area contributed by atoms with Crippen molar-refractivity contribution >= 4 is 22.7 Å². The third-order valence-corrected chi connectivity index (χ3v) is 3.72. The molecule has 0 radical (unpaired) electrons. The zero-order valence-corrected chi connectivity index (χ0v) is 11.2. The van der Waals surface area contributed by atoms with E-state index in [1.807, 2.05) is 11.8 Å². The molecule has 2 aromatic rings. The fraction of sp³-hybridized carbons (Fsp3) is 0.429. The second-order valence-electron chi connectivity index (χ2n) is 4.29. The van der Waals surface area contributed by atoms with Crippen LogP contribution in [0.2, 0.25) is 0 Å². The van der Waals surface area contributed by atoms with Crippen molar-refractivity contribution in [1.82, 2.24) is 4.57 Å². The standard InChI is InChI=1S/C14H20N2S/c1-17-10-2-8-16-9-6-13-4-3-12(5-7-15)11-14(13)16/h3-4,6,9,11H,2,5,7-8,10,15H2,1H3. The third kappa shape index (κ3) is 3.05. The van der Waals surface area contributed by atoms with Crippen LogP contribution < -0.4 is 5.73 Å². The number of fused-ring (bicyclic) bond motifs is 1. The number of aromatic nitrogens is 1. The van der Waals surface area contributed by atoms with Gasteiger partial charge in [-0.1, -0.05) is 12.1 Å². The molecular formula is C14H20N2S. The first-order chi connectivity index (χ1) is 8.35. The lowest BCUT2D eigenvalue weighted by Gasteiger charge is -2.06. The number of rotatable bonds is 6. The minimum absolute atomic E-state index is 0.721. The molecule has 1 heterocycles. The molecule has 0 unspecified atom stereocenters. The molecule has 0 saturated carbocycles. The molecule has 0 saturated heterocycles. The number of thioether (sulfide) groups is 1. The van der Waals surface area contributed by atoms with Crippen LogP contribution in [0.1, 0.15) is 12.0 Å². The van der Waals surface area contributed by atoms with Gasteiger partial charge in [0.15, 0.2) is 0 Å². The molecule has 0 fully saturated rings. The first-order valence-corrected chi connectivity index (χ1v) is 7.51. The third-order valence-electron chi connectivity index (χ3n) is 3.02. The topological polar surface area (TPSA) is 30.9 Å². The minimum Gasteiger partial charge on any atom is -0.347 e. The Hall–Kier alpha value is -0.930. The van der Waals surface area contributed by atoms with E-state index in [-0.39, 0.29) is 0 Å². The van der Waals surface area contributed by atoms with Crippen LogP contribution in [0.25, 0.3) is 10.9 Å². The molecule has 1 aromatic carbocycles. The fourth-order valence-electron chi connectivity index (χ4n) is 2.13. The summed E-state index contributed by atoms with van der Waals surface area (Å²) in [4.78, 5) is 0. The van der Waals surface area contributed by atoms with Crippen molar-refractivity contribution in [1.29, 1.82) is 0 Å². The van der Waals surface area contributed by atoms with Gasteiger partial charge in [-0.25, -0.2) is 0 Å². The summed E-state index contributed by atoms with van der Waals surface area (Å²) < 4.78 is 2.35. The van der Waals surface area contributed by atoms with Gasteiger partial charge in [-0.15, -0.1) is 0 Å². The Morgan fingerprint density at radius 1 is 1.29 bits per heavy atom. The van der Waals surface area contributed by atoms with Crippen LogP contribution in [-0.4, -0.2) is 23.1 Å². The lowest BCUT2D eigenvalue weighted by atomic mass is 10.1. The maximum atomic E-state index is 5.61. The van der Waals surface area contributed by atoms with E-state index in [4.69, 9.17) is 5.73 Å². The van der Waals surface area contributed by atoms with Crippen LogP contribution >= 0.6 is 11.8 Å². The average Bonchev–Trinajstić information content (AvgIpc) is 2.73. The fourth-order valence-corrected chi connectivity index (χ4v) is 2.54. The van der Waals surface area contributed by atoms with E-state index in [9.17, 15) is 0 Å². The quantitative estimate of drug-likeness (QED) is 0.797. The van der Waals surface area contributed by atoms with E-state index in [1.54, 1.807) is 0 Å². The molecule has 0 atom stereocenters. The summed E-state index contributed by atoms with van der Waals surface area (Å²) in [7, 11) is 0. The summed E-state index contributed by atoms with van der Waals surface area (Å²) in [6, 6.07) is 8.86. The van der Waals surface area contributed by atoms with Gasteiger partial charge in [0.25, 0.3) is 0 Å². The van der Waals surface area contributed by atoms with Crippen LogP contribution in [0, 0.1) is 0 Å². The smallest absolute Gasteiger partial charge is 0.0483 e. The van der Waals surface area contributed by atoms with Crippen molar-refractivity contribution in [2.75, 3.05) is 18.6 Å². The maximum Gasteiger partial charge on any atom is 0.0483 e. The van der Waals surface area contributed by atoms with E-state index in [0.29, 0.717) is 0 Å². The van der Waals surface area contributed by atoms with Crippen LogP contribution in [0.5, 0.6) is 0 Å². The van der Waals surface area contributed by atoms with Gasteiger partial charge in [0.05, 0.1) is 0 Å². The van der Waals surface area contributed by atoms with Gasteiger partial charge in [-0.3, -0.25) is 0 Å².